The summed E-state index contributed by atoms with van der Waals surface area (Å²) in [4.78, 5) is 13.3. The molecule has 28 heavy (non-hydrogen) atoms. The number of rotatable bonds is 4. The van der Waals surface area contributed by atoms with Crippen molar-refractivity contribution in [3.8, 4) is 5.69 Å². The van der Waals surface area contributed by atoms with E-state index in [0.29, 0.717) is 18.0 Å². The predicted octanol–water partition coefficient (Wildman–Crippen LogP) is 3.96. The molecule has 0 aliphatic heterocycles. The number of aromatic nitrogens is 4. The van der Waals surface area contributed by atoms with Crippen molar-refractivity contribution >= 4 is 10.9 Å². The van der Waals surface area contributed by atoms with Crippen molar-refractivity contribution in [2.45, 2.75) is 32.2 Å². The van der Waals surface area contributed by atoms with E-state index in [2.05, 4.69) is 10.2 Å². The fourth-order valence-electron chi connectivity index (χ4n) is 3.61. The van der Waals surface area contributed by atoms with Crippen LogP contribution in [0.5, 0.6) is 0 Å². The van der Waals surface area contributed by atoms with Gasteiger partial charge in [-0.15, -0.1) is 0 Å². The largest absolute Gasteiger partial charge is 0.293 e. The lowest BCUT2D eigenvalue weighted by atomic mass is 10.1. The minimum Gasteiger partial charge on any atom is -0.265 e. The van der Waals surface area contributed by atoms with Crippen LogP contribution in [0.4, 0.5) is 4.39 Å². The van der Waals surface area contributed by atoms with Crippen LogP contribution < -0.4 is 5.56 Å². The molecule has 1 fully saturated rings. The first-order valence-electron chi connectivity index (χ1n) is 9.41. The average Bonchev–Trinajstić information content (AvgIpc) is 3.44. The van der Waals surface area contributed by atoms with E-state index in [9.17, 15) is 9.18 Å². The Kier molecular flexibility index (Phi) is 3.86. The van der Waals surface area contributed by atoms with E-state index in [4.69, 9.17) is 0 Å². The van der Waals surface area contributed by atoms with Crippen molar-refractivity contribution in [1.82, 2.24) is 19.6 Å². The highest BCUT2D eigenvalue weighted by Gasteiger charge is 2.30. The number of halogens is 1. The Bertz CT molecular complexity index is 1240. The van der Waals surface area contributed by atoms with Crippen molar-refractivity contribution in [3.05, 3.63) is 87.7 Å². The van der Waals surface area contributed by atoms with E-state index in [1.165, 1.54) is 16.8 Å². The number of benzene rings is 2. The van der Waals surface area contributed by atoms with Gasteiger partial charge in [-0.2, -0.15) is 10.2 Å². The molecule has 0 spiro atoms. The third-order valence-electron chi connectivity index (χ3n) is 5.26. The number of hydrogen-bond acceptors (Lipinski definition) is 3. The quantitative estimate of drug-likeness (QED) is 0.543. The molecule has 0 atom stereocenters. The van der Waals surface area contributed by atoms with E-state index in [1.54, 1.807) is 23.0 Å². The fraction of sp³-hybridized carbons (Fsp3) is 0.227. The molecule has 6 heteroatoms. The predicted molar refractivity (Wildman–Crippen MR) is 105 cm³/mol. The molecule has 0 saturated heterocycles. The average molecular weight is 374 g/mol. The molecule has 2 aromatic heterocycles. The topological polar surface area (TPSA) is 52.7 Å². The van der Waals surface area contributed by atoms with Crippen molar-refractivity contribution < 1.29 is 4.39 Å². The zero-order valence-corrected chi connectivity index (χ0v) is 15.5. The fourth-order valence-corrected chi connectivity index (χ4v) is 3.61. The summed E-state index contributed by atoms with van der Waals surface area (Å²) in [5.41, 5.74) is 4.05. The maximum atomic E-state index is 13.3. The molecule has 4 aromatic rings. The highest BCUT2D eigenvalue weighted by atomic mass is 19.1. The third kappa shape index (κ3) is 2.81. The van der Waals surface area contributed by atoms with E-state index >= 15 is 0 Å². The summed E-state index contributed by atoms with van der Waals surface area (Å²) in [6.45, 7) is 2.30. The van der Waals surface area contributed by atoms with Crippen LogP contribution in [0.3, 0.4) is 0 Å². The number of nitrogens with zero attached hydrogens (tertiary/aromatic N) is 4. The maximum absolute atomic E-state index is 13.3. The molecule has 5 nitrogen and oxygen atoms in total. The second-order valence-electron chi connectivity index (χ2n) is 7.35. The van der Waals surface area contributed by atoms with Crippen LogP contribution >= 0.6 is 0 Å². The Hall–Kier alpha value is -3.28. The molecule has 1 aliphatic rings. The van der Waals surface area contributed by atoms with Gasteiger partial charge in [-0.1, -0.05) is 30.3 Å². The molecule has 0 amide bonds. The van der Waals surface area contributed by atoms with Crippen molar-refractivity contribution in [2.75, 3.05) is 0 Å². The van der Waals surface area contributed by atoms with Gasteiger partial charge in [0.2, 0.25) is 0 Å². The van der Waals surface area contributed by atoms with E-state index in [-0.39, 0.29) is 11.4 Å². The zero-order valence-electron chi connectivity index (χ0n) is 15.5. The van der Waals surface area contributed by atoms with Gasteiger partial charge in [0.05, 0.1) is 24.1 Å². The molecule has 5 rings (SSSR count). The van der Waals surface area contributed by atoms with Crippen LogP contribution in [0.25, 0.3) is 16.6 Å². The number of fused-ring (bicyclic) bond motifs is 1. The lowest BCUT2D eigenvalue weighted by molar-refractivity contribution is 0.614. The summed E-state index contributed by atoms with van der Waals surface area (Å²) in [5, 5.41) is 10.0. The molecular weight excluding hydrogens is 355 g/mol. The van der Waals surface area contributed by atoms with Crippen molar-refractivity contribution in [1.29, 1.82) is 0 Å². The lowest BCUT2D eigenvalue weighted by Gasteiger charge is -2.11. The lowest BCUT2D eigenvalue weighted by Crippen LogP contribution is -2.26. The number of aryl methyl sites for hydroxylation is 1. The molecule has 1 aliphatic carbocycles. The van der Waals surface area contributed by atoms with Gasteiger partial charge in [-0.05, 0) is 49.1 Å². The van der Waals surface area contributed by atoms with Crippen molar-refractivity contribution in [2.24, 2.45) is 0 Å². The molecule has 0 bridgehead atoms. The highest BCUT2D eigenvalue weighted by Crippen LogP contribution is 2.41. The van der Waals surface area contributed by atoms with Crippen LogP contribution in [0.2, 0.25) is 0 Å². The first kappa shape index (κ1) is 16.9. The van der Waals surface area contributed by atoms with Gasteiger partial charge in [0.15, 0.2) is 0 Å². The smallest absolute Gasteiger partial charge is 0.265 e. The van der Waals surface area contributed by atoms with Crippen LogP contribution in [0, 0.1) is 12.7 Å². The Morgan fingerprint density at radius 1 is 1.11 bits per heavy atom. The van der Waals surface area contributed by atoms with Gasteiger partial charge in [0.25, 0.3) is 5.56 Å². The Labute approximate surface area is 161 Å². The first-order chi connectivity index (χ1) is 13.6. The van der Waals surface area contributed by atoms with Gasteiger partial charge in [-0.3, -0.25) is 4.79 Å². The van der Waals surface area contributed by atoms with E-state index in [1.807, 2.05) is 31.2 Å². The van der Waals surface area contributed by atoms with E-state index in [0.717, 1.165) is 40.7 Å². The van der Waals surface area contributed by atoms with Crippen LogP contribution in [-0.2, 0) is 6.54 Å². The molecule has 2 aromatic carbocycles. The van der Waals surface area contributed by atoms with Gasteiger partial charge in [0.1, 0.15) is 11.3 Å². The summed E-state index contributed by atoms with van der Waals surface area (Å²) in [7, 11) is 0. The van der Waals surface area contributed by atoms with Gasteiger partial charge in [0, 0.05) is 11.3 Å². The molecule has 2 heterocycles. The third-order valence-corrected chi connectivity index (χ3v) is 5.26. The summed E-state index contributed by atoms with van der Waals surface area (Å²) < 4.78 is 16.4. The van der Waals surface area contributed by atoms with Gasteiger partial charge < -0.3 is 0 Å². The number of para-hydroxylation sites is 1. The van der Waals surface area contributed by atoms with E-state index < -0.39 is 0 Å². The zero-order chi connectivity index (χ0) is 19.3. The maximum Gasteiger partial charge on any atom is 0.293 e. The molecule has 0 N–H and O–H groups in total. The van der Waals surface area contributed by atoms with Gasteiger partial charge >= 0.3 is 0 Å². The summed E-state index contributed by atoms with van der Waals surface area (Å²) in [5.74, 6) is 0.0768. The molecule has 140 valence electrons. The first-order valence-corrected chi connectivity index (χ1v) is 9.41. The minimum absolute atomic E-state index is 0.190. The molecule has 0 radical (unpaired) electrons. The summed E-state index contributed by atoms with van der Waals surface area (Å²) in [6.07, 6.45) is 3.91. The molecule has 0 unspecified atom stereocenters. The summed E-state index contributed by atoms with van der Waals surface area (Å²) in [6, 6.07) is 14.0. The SMILES string of the molecule is Cc1ccccc1-n1ncc2c(C3CC3)nn(Cc3ccc(F)cc3)c(=O)c21. The Morgan fingerprint density at radius 3 is 2.57 bits per heavy atom. The van der Waals surface area contributed by atoms with Gasteiger partial charge in [-0.25, -0.2) is 13.8 Å². The van der Waals surface area contributed by atoms with Crippen LogP contribution in [0.15, 0.2) is 59.5 Å². The monoisotopic (exact) mass is 374 g/mol. The summed E-state index contributed by atoms with van der Waals surface area (Å²) >= 11 is 0. The Balaban J connectivity index is 1.72. The second kappa shape index (κ2) is 6.41. The standard InChI is InChI=1S/C22H19FN4O/c1-14-4-2-3-5-19(14)27-21-18(12-24-27)20(16-8-9-16)25-26(22(21)28)13-15-6-10-17(23)11-7-15/h2-7,10-12,16H,8-9,13H2,1H3. The number of hydrogen-bond donors (Lipinski definition) is 0. The Morgan fingerprint density at radius 2 is 1.86 bits per heavy atom. The molecular formula is C22H19FN4O. The van der Waals surface area contributed by atoms with Crippen LogP contribution in [-0.4, -0.2) is 19.6 Å². The minimum atomic E-state index is -0.296. The molecule has 1 saturated carbocycles. The normalized spacial score (nSPS) is 13.9. The van der Waals surface area contributed by atoms with Crippen molar-refractivity contribution in [3.63, 3.8) is 0 Å². The van der Waals surface area contributed by atoms with Crippen LogP contribution in [0.1, 0.15) is 35.6 Å². The highest BCUT2D eigenvalue weighted by molar-refractivity contribution is 5.82. The second-order valence-corrected chi connectivity index (χ2v) is 7.35.